The Morgan fingerprint density at radius 2 is 0.983 bits per heavy atom. The Bertz CT molecular complexity index is 3510. The molecule has 2 aliphatic carbocycles. The van der Waals surface area contributed by atoms with Crippen LogP contribution in [0.2, 0.25) is 0 Å². The molecule has 0 aliphatic heterocycles. The molecule has 1 heterocycles. The highest BCUT2D eigenvalue weighted by molar-refractivity contribution is 6.10. The van der Waals surface area contributed by atoms with E-state index in [1.807, 2.05) is 6.07 Å². The van der Waals surface area contributed by atoms with Crippen LogP contribution in [0.5, 0.6) is 0 Å². The molecule has 11 aromatic rings. The number of hydrogen-bond acceptors (Lipinski definition) is 2. The first-order valence-electron chi connectivity index (χ1n) is 20.4. The van der Waals surface area contributed by atoms with Crippen LogP contribution in [0.25, 0.3) is 76.9 Å². The smallest absolute Gasteiger partial charge is 0.135 e. The molecule has 1 spiro atoms. The lowest BCUT2D eigenvalue weighted by Crippen LogP contribution is -2.32. The molecule has 0 fully saturated rings. The summed E-state index contributed by atoms with van der Waals surface area (Å²) < 4.78 is 6.36. The van der Waals surface area contributed by atoms with E-state index in [-0.39, 0.29) is 0 Å². The summed E-state index contributed by atoms with van der Waals surface area (Å²) in [6, 6.07) is 78.3. The van der Waals surface area contributed by atoms with E-state index in [1.54, 1.807) is 0 Å². The molecular weight excluding hydrogens is 715 g/mol. The van der Waals surface area contributed by atoms with Crippen molar-refractivity contribution in [1.82, 2.24) is 0 Å². The first-order valence-corrected chi connectivity index (χ1v) is 20.4. The summed E-state index contributed by atoms with van der Waals surface area (Å²) in [6.45, 7) is 0. The van der Waals surface area contributed by atoms with Gasteiger partial charge >= 0.3 is 0 Å². The topological polar surface area (TPSA) is 16.4 Å². The maximum Gasteiger partial charge on any atom is 0.135 e. The van der Waals surface area contributed by atoms with E-state index in [9.17, 15) is 0 Å². The average Bonchev–Trinajstić information content (AvgIpc) is 3.82. The molecule has 274 valence electrons. The van der Waals surface area contributed by atoms with Gasteiger partial charge in [-0.05, 0) is 114 Å². The van der Waals surface area contributed by atoms with Gasteiger partial charge in [-0.1, -0.05) is 170 Å². The molecule has 0 saturated carbocycles. The number of furan rings is 1. The lowest BCUT2D eigenvalue weighted by Gasteiger charge is -2.40. The molecule has 2 nitrogen and oxygen atoms in total. The van der Waals surface area contributed by atoms with Gasteiger partial charge in [0.2, 0.25) is 0 Å². The van der Waals surface area contributed by atoms with E-state index in [4.69, 9.17) is 4.42 Å². The second-order valence-electron chi connectivity index (χ2n) is 15.9. The van der Waals surface area contributed by atoms with Crippen LogP contribution in [0.1, 0.15) is 22.3 Å². The van der Waals surface area contributed by atoms with Crippen molar-refractivity contribution in [2.24, 2.45) is 0 Å². The minimum absolute atomic E-state index is 0.578. The molecule has 0 radical (unpaired) electrons. The molecule has 1 aromatic heterocycles. The highest BCUT2D eigenvalue weighted by atomic mass is 16.3. The Balaban J connectivity index is 1.16. The third-order valence-corrected chi connectivity index (χ3v) is 13.0. The van der Waals surface area contributed by atoms with Gasteiger partial charge in [-0.25, -0.2) is 0 Å². The van der Waals surface area contributed by atoms with Gasteiger partial charge in [-0.3, -0.25) is 0 Å². The number of anilines is 3. The minimum Gasteiger partial charge on any atom is -0.456 e. The van der Waals surface area contributed by atoms with Crippen molar-refractivity contribution in [3.8, 4) is 33.4 Å². The molecule has 2 heteroatoms. The zero-order valence-electron chi connectivity index (χ0n) is 32.1. The van der Waals surface area contributed by atoms with Crippen LogP contribution in [-0.2, 0) is 5.41 Å². The van der Waals surface area contributed by atoms with E-state index in [0.29, 0.717) is 0 Å². The maximum absolute atomic E-state index is 6.36. The number of hydrogen-bond donors (Lipinski definition) is 0. The summed E-state index contributed by atoms with van der Waals surface area (Å²) in [4.78, 5) is 2.46. The predicted octanol–water partition coefficient (Wildman–Crippen LogP) is 15.4. The van der Waals surface area contributed by atoms with E-state index in [0.717, 1.165) is 39.0 Å². The minimum atomic E-state index is -0.578. The summed E-state index contributed by atoms with van der Waals surface area (Å²) in [5.74, 6) is 0. The quantitative estimate of drug-likeness (QED) is 0.178. The number of benzene rings is 10. The lowest BCUT2D eigenvalue weighted by molar-refractivity contribution is 0.669. The normalized spacial score (nSPS) is 14.8. The summed E-state index contributed by atoms with van der Waals surface area (Å²) in [6.07, 6.45) is 0. The fraction of sp³-hybridized carbons (Fsp3) is 0.0175. The molecular formula is C57H35NO. The molecule has 10 aromatic carbocycles. The van der Waals surface area contributed by atoms with Crippen molar-refractivity contribution in [2.45, 2.75) is 5.41 Å². The summed E-state index contributed by atoms with van der Waals surface area (Å²) >= 11 is 0. The van der Waals surface area contributed by atoms with Gasteiger partial charge in [0.05, 0.1) is 11.1 Å². The summed E-state index contributed by atoms with van der Waals surface area (Å²) in [5, 5.41) is 7.20. The molecule has 0 N–H and O–H groups in total. The van der Waals surface area contributed by atoms with Crippen molar-refractivity contribution >= 4 is 60.5 Å². The van der Waals surface area contributed by atoms with E-state index in [2.05, 4.69) is 211 Å². The third kappa shape index (κ3) is 4.40. The number of fused-ring (bicyclic) bond motifs is 13. The van der Waals surface area contributed by atoms with Crippen LogP contribution in [0.4, 0.5) is 17.1 Å². The highest BCUT2D eigenvalue weighted by Gasteiger charge is 2.51. The Labute approximate surface area is 341 Å². The average molecular weight is 750 g/mol. The SMILES string of the molecule is c1ccc(-c2cccc3c2-c2ccc(N(c4ccc5oc6ccccc6c5c4)c4cccc5ccccc45)cc2C32c3ccccc3-c3cccc4cccc2c34)cc1. The van der Waals surface area contributed by atoms with Gasteiger partial charge in [-0.2, -0.15) is 0 Å². The number of rotatable bonds is 4. The molecule has 0 saturated heterocycles. The highest BCUT2D eigenvalue weighted by Crippen LogP contribution is 2.64. The Morgan fingerprint density at radius 1 is 0.356 bits per heavy atom. The lowest BCUT2D eigenvalue weighted by atomic mass is 9.61. The fourth-order valence-electron chi connectivity index (χ4n) is 10.7. The Kier molecular flexibility index (Phi) is 6.68. The van der Waals surface area contributed by atoms with Gasteiger partial charge in [-0.15, -0.1) is 0 Å². The van der Waals surface area contributed by atoms with Gasteiger partial charge in [0.1, 0.15) is 11.2 Å². The Hall–Kier alpha value is -7.68. The number of nitrogens with zero attached hydrogens (tertiary/aromatic N) is 1. The molecule has 0 bridgehead atoms. The van der Waals surface area contributed by atoms with Gasteiger partial charge in [0, 0.05) is 27.5 Å². The van der Waals surface area contributed by atoms with Crippen molar-refractivity contribution in [3.05, 3.63) is 235 Å². The van der Waals surface area contributed by atoms with Crippen molar-refractivity contribution in [1.29, 1.82) is 0 Å². The fourth-order valence-corrected chi connectivity index (χ4v) is 10.7. The van der Waals surface area contributed by atoms with Gasteiger partial charge < -0.3 is 9.32 Å². The zero-order chi connectivity index (χ0) is 38.7. The molecule has 1 unspecified atom stereocenters. The second kappa shape index (κ2) is 12.2. The maximum atomic E-state index is 6.36. The largest absolute Gasteiger partial charge is 0.456 e. The van der Waals surface area contributed by atoms with Gasteiger partial charge in [0.15, 0.2) is 0 Å². The molecule has 13 rings (SSSR count). The monoisotopic (exact) mass is 749 g/mol. The van der Waals surface area contributed by atoms with Crippen LogP contribution >= 0.6 is 0 Å². The van der Waals surface area contributed by atoms with Crippen LogP contribution in [0.15, 0.2) is 217 Å². The van der Waals surface area contributed by atoms with Gasteiger partial charge in [0.25, 0.3) is 0 Å². The second-order valence-corrected chi connectivity index (χ2v) is 15.9. The first-order chi connectivity index (χ1) is 29.3. The van der Waals surface area contributed by atoms with Crippen LogP contribution < -0.4 is 4.90 Å². The van der Waals surface area contributed by atoms with E-state index >= 15 is 0 Å². The standard InChI is InChI=1S/C57H35NO/c1-2-14-37(15-3-1)42-23-13-27-50-56(42)46-32-30-40(35-51(46)57(50)48-25-8-6-21-43(48)45-24-10-18-38-19-11-26-49(57)55(38)45)58(52-28-12-17-36-16-4-5-20-41(36)52)39-31-33-54-47(34-39)44-22-7-9-29-53(44)59-54/h1-35H. The van der Waals surface area contributed by atoms with Crippen molar-refractivity contribution < 1.29 is 4.42 Å². The number of para-hydroxylation sites is 1. The van der Waals surface area contributed by atoms with E-state index < -0.39 is 5.41 Å². The molecule has 2 aliphatic rings. The molecule has 59 heavy (non-hydrogen) atoms. The van der Waals surface area contributed by atoms with Crippen molar-refractivity contribution in [3.63, 3.8) is 0 Å². The molecule has 0 amide bonds. The summed E-state index contributed by atoms with van der Waals surface area (Å²) in [7, 11) is 0. The summed E-state index contributed by atoms with van der Waals surface area (Å²) in [5.41, 5.74) is 17.4. The Morgan fingerprint density at radius 3 is 1.92 bits per heavy atom. The third-order valence-electron chi connectivity index (χ3n) is 13.0. The zero-order valence-corrected chi connectivity index (χ0v) is 32.1. The van der Waals surface area contributed by atoms with Crippen LogP contribution in [-0.4, -0.2) is 0 Å². The first kappa shape index (κ1) is 32.4. The van der Waals surface area contributed by atoms with Crippen LogP contribution in [0.3, 0.4) is 0 Å². The predicted molar refractivity (Wildman–Crippen MR) is 245 cm³/mol. The molecule has 1 atom stereocenters. The van der Waals surface area contributed by atoms with Crippen molar-refractivity contribution in [2.75, 3.05) is 4.90 Å². The van der Waals surface area contributed by atoms with Crippen LogP contribution in [0, 0.1) is 0 Å². The van der Waals surface area contributed by atoms with E-state index in [1.165, 1.54) is 77.2 Å².